The molecule has 1 saturated carbocycles. The summed E-state index contributed by atoms with van der Waals surface area (Å²) >= 11 is 0. The fraction of sp³-hybridized carbons (Fsp3) is 0.455. The third kappa shape index (κ3) is 3.74. The fourth-order valence-corrected chi connectivity index (χ4v) is 4.16. The van der Waals surface area contributed by atoms with Gasteiger partial charge in [-0.05, 0) is 51.0 Å². The second-order valence-electron chi connectivity index (χ2n) is 7.89. The first kappa shape index (κ1) is 18.9. The summed E-state index contributed by atoms with van der Waals surface area (Å²) < 4.78 is 15.7. The summed E-state index contributed by atoms with van der Waals surface area (Å²) in [6.45, 7) is 6.86. The molecule has 1 aliphatic carbocycles. The molecular formula is C22H26FN3O2. The quantitative estimate of drug-likeness (QED) is 0.745. The Hall–Kier alpha value is -2.47. The molecule has 0 unspecified atom stereocenters. The number of halogens is 1. The number of nitrogens with zero attached hydrogens (tertiary/aromatic N) is 3. The Morgan fingerprint density at radius 1 is 1.07 bits per heavy atom. The van der Waals surface area contributed by atoms with E-state index in [1.54, 1.807) is 17.0 Å². The van der Waals surface area contributed by atoms with Gasteiger partial charge >= 0.3 is 0 Å². The van der Waals surface area contributed by atoms with Crippen LogP contribution in [0, 0.1) is 19.7 Å². The van der Waals surface area contributed by atoms with Crippen LogP contribution in [0.15, 0.2) is 30.3 Å². The van der Waals surface area contributed by atoms with Crippen LogP contribution in [0.5, 0.6) is 0 Å². The number of carbonyl (C=O) groups excluding carboxylic acids is 2. The molecule has 0 bridgehead atoms. The third-order valence-electron chi connectivity index (χ3n) is 5.80. The van der Waals surface area contributed by atoms with Crippen LogP contribution in [0.1, 0.15) is 51.0 Å². The Kier molecular flexibility index (Phi) is 5.06. The van der Waals surface area contributed by atoms with Gasteiger partial charge in [-0.2, -0.15) is 0 Å². The number of hydrogen-bond donors (Lipinski definition) is 0. The lowest BCUT2D eigenvalue weighted by molar-refractivity contribution is 0.0624. The van der Waals surface area contributed by atoms with E-state index < -0.39 is 5.82 Å². The summed E-state index contributed by atoms with van der Waals surface area (Å²) in [7, 11) is 0. The van der Waals surface area contributed by atoms with Crippen molar-refractivity contribution >= 4 is 11.7 Å². The van der Waals surface area contributed by atoms with Crippen molar-refractivity contribution in [3.63, 3.8) is 0 Å². The van der Waals surface area contributed by atoms with Crippen LogP contribution in [0.2, 0.25) is 0 Å². The SMILES string of the molecule is Cc1cc(C(=O)CN2CCN(C(=O)c3cccc(F)c3)CC2)c(C)n1C1CC1. The van der Waals surface area contributed by atoms with E-state index >= 15 is 0 Å². The number of aryl methyl sites for hydroxylation is 1. The topological polar surface area (TPSA) is 45.6 Å². The molecule has 1 saturated heterocycles. The van der Waals surface area contributed by atoms with Crippen LogP contribution in [-0.2, 0) is 0 Å². The average molecular weight is 383 g/mol. The molecule has 148 valence electrons. The normalized spacial score (nSPS) is 17.8. The highest BCUT2D eigenvalue weighted by Gasteiger charge is 2.29. The summed E-state index contributed by atoms with van der Waals surface area (Å²) in [5.74, 6) is -0.415. The Morgan fingerprint density at radius 2 is 1.79 bits per heavy atom. The van der Waals surface area contributed by atoms with Crippen molar-refractivity contribution in [2.24, 2.45) is 0 Å². The van der Waals surface area contributed by atoms with E-state index in [0.29, 0.717) is 44.3 Å². The molecule has 2 aromatic rings. The zero-order valence-corrected chi connectivity index (χ0v) is 16.4. The Labute approximate surface area is 164 Å². The van der Waals surface area contributed by atoms with Crippen molar-refractivity contribution in [1.29, 1.82) is 0 Å². The third-order valence-corrected chi connectivity index (χ3v) is 5.80. The average Bonchev–Trinajstić information content (AvgIpc) is 3.46. The van der Waals surface area contributed by atoms with Crippen LogP contribution >= 0.6 is 0 Å². The molecule has 4 rings (SSSR count). The molecule has 2 aliphatic rings. The van der Waals surface area contributed by atoms with Crippen LogP contribution in [0.25, 0.3) is 0 Å². The number of piperazine rings is 1. The zero-order valence-electron chi connectivity index (χ0n) is 16.4. The molecule has 1 aromatic heterocycles. The first-order chi connectivity index (χ1) is 13.4. The molecule has 0 spiro atoms. The molecule has 0 N–H and O–H groups in total. The molecule has 1 aromatic carbocycles. The van der Waals surface area contributed by atoms with E-state index in [4.69, 9.17) is 0 Å². The molecule has 0 atom stereocenters. The lowest BCUT2D eigenvalue weighted by atomic mass is 10.1. The van der Waals surface area contributed by atoms with E-state index in [-0.39, 0.29) is 11.7 Å². The molecule has 1 aliphatic heterocycles. The lowest BCUT2D eigenvalue weighted by Crippen LogP contribution is -2.49. The van der Waals surface area contributed by atoms with Gasteiger partial charge in [0.25, 0.3) is 5.91 Å². The molecule has 28 heavy (non-hydrogen) atoms. The molecule has 5 nitrogen and oxygen atoms in total. The van der Waals surface area contributed by atoms with Gasteiger partial charge in [0.05, 0.1) is 6.54 Å². The second kappa shape index (κ2) is 7.51. The summed E-state index contributed by atoms with van der Waals surface area (Å²) in [6, 6.07) is 8.37. The number of aromatic nitrogens is 1. The monoisotopic (exact) mass is 383 g/mol. The van der Waals surface area contributed by atoms with Crippen LogP contribution in [0.4, 0.5) is 4.39 Å². The number of Topliss-reactive ketones (excluding diaryl/α,β-unsaturated/α-hetero) is 1. The Morgan fingerprint density at radius 3 is 2.43 bits per heavy atom. The van der Waals surface area contributed by atoms with Gasteiger partial charge in [0, 0.05) is 54.7 Å². The molecule has 0 radical (unpaired) electrons. The van der Waals surface area contributed by atoms with Gasteiger partial charge in [-0.3, -0.25) is 14.5 Å². The summed E-state index contributed by atoms with van der Waals surface area (Å²) in [4.78, 5) is 29.2. The van der Waals surface area contributed by atoms with E-state index in [0.717, 1.165) is 17.0 Å². The standard InChI is InChI=1S/C22H26FN3O2/c1-15-12-20(16(2)26(15)19-6-7-19)21(27)14-24-8-10-25(11-9-24)22(28)17-4-3-5-18(23)13-17/h3-5,12-13,19H,6-11,14H2,1-2H3. The number of benzene rings is 1. The van der Waals surface area contributed by atoms with Gasteiger partial charge < -0.3 is 9.47 Å². The Balaban J connectivity index is 1.35. The maximum atomic E-state index is 13.4. The first-order valence-electron chi connectivity index (χ1n) is 9.93. The van der Waals surface area contributed by atoms with Crippen LogP contribution in [0.3, 0.4) is 0 Å². The van der Waals surface area contributed by atoms with Gasteiger partial charge in [-0.25, -0.2) is 4.39 Å². The maximum absolute atomic E-state index is 13.4. The maximum Gasteiger partial charge on any atom is 0.254 e. The number of rotatable bonds is 5. The molecule has 2 fully saturated rings. The number of amides is 1. The first-order valence-corrected chi connectivity index (χ1v) is 9.93. The van der Waals surface area contributed by atoms with Crippen molar-refractivity contribution in [1.82, 2.24) is 14.4 Å². The minimum Gasteiger partial charge on any atom is -0.345 e. The van der Waals surface area contributed by atoms with Crippen molar-refractivity contribution < 1.29 is 14.0 Å². The largest absolute Gasteiger partial charge is 0.345 e. The number of ketones is 1. The van der Waals surface area contributed by atoms with Crippen LogP contribution in [-0.4, -0.2) is 58.8 Å². The predicted octanol–water partition coefficient (Wildman–Crippen LogP) is 3.22. The van der Waals surface area contributed by atoms with Gasteiger partial charge in [0.2, 0.25) is 0 Å². The zero-order chi connectivity index (χ0) is 19.8. The lowest BCUT2D eigenvalue weighted by Gasteiger charge is -2.34. The van der Waals surface area contributed by atoms with Crippen molar-refractivity contribution in [2.45, 2.75) is 32.7 Å². The minimum atomic E-state index is -0.404. The van der Waals surface area contributed by atoms with Crippen molar-refractivity contribution in [3.05, 3.63) is 58.7 Å². The van der Waals surface area contributed by atoms with Gasteiger partial charge in [0.15, 0.2) is 5.78 Å². The molecule has 1 amide bonds. The van der Waals surface area contributed by atoms with Gasteiger partial charge in [0.1, 0.15) is 5.82 Å². The highest BCUT2D eigenvalue weighted by Crippen LogP contribution is 2.38. The minimum absolute atomic E-state index is 0.143. The highest BCUT2D eigenvalue weighted by atomic mass is 19.1. The summed E-state index contributed by atoms with van der Waals surface area (Å²) in [5.41, 5.74) is 3.43. The second-order valence-corrected chi connectivity index (χ2v) is 7.89. The summed E-state index contributed by atoms with van der Waals surface area (Å²) in [6.07, 6.45) is 2.40. The Bertz CT molecular complexity index is 909. The smallest absolute Gasteiger partial charge is 0.254 e. The molecular weight excluding hydrogens is 357 g/mol. The van der Waals surface area contributed by atoms with Crippen molar-refractivity contribution in [2.75, 3.05) is 32.7 Å². The number of carbonyl (C=O) groups is 2. The predicted molar refractivity (Wildman–Crippen MR) is 105 cm³/mol. The van der Waals surface area contributed by atoms with Crippen LogP contribution < -0.4 is 0 Å². The van der Waals surface area contributed by atoms with E-state index in [2.05, 4.69) is 16.4 Å². The van der Waals surface area contributed by atoms with Gasteiger partial charge in [-0.1, -0.05) is 6.07 Å². The highest BCUT2D eigenvalue weighted by molar-refractivity contribution is 5.99. The molecule has 2 heterocycles. The van der Waals surface area contributed by atoms with E-state index in [1.165, 1.54) is 25.0 Å². The summed E-state index contributed by atoms with van der Waals surface area (Å²) in [5, 5.41) is 0. The van der Waals surface area contributed by atoms with Crippen molar-refractivity contribution in [3.8, 4) is 0 Å². The van der Waals surface area contributed by atoms with E-state index in [9.17, 15) is 14.0 Å². The van der Waals surface area contributed by atoms with Gasteiger partial charge in [-0.15, -0.1) is 0 Å². The molecule has 6 heteroatoms. The number of hydrogen-bond acceptors (Lipinski definition) is 3. The fourth-order valence-electron chi connectivity index (χ4n) is 4.16. The van der Waals surface area contributed by atoms with E-state index in [1.807, 2.05) is 13.0 Å².